The molecule has 0 aliphatic heterocycles. The lowest BCUT2D eigenvalue weighted by molar-refractivity contribution is -0.142. The third-order valence-corrected chi connectivity index (χ3v) is 3.44. The van der Waals surface area contributed by atoms with Gasteiger partial charge in [-0.05, 0) is 25.8 Å². The number of carboxylic acids is 1. The van der Waals surface area contributed by atoms with Gasteiger partial charge < -0.3 is 15.2 Å². The Balaban J connectivity index is 2.74. The molecule has 1 rings (SSSR count). The second-order valence-corrected chi connectivity index (χ2v) is 5.11. The highest BCUT2D eigenvalue weighted by Crippen LogP contribution is 2.22. The number of rotatable bonds is 8. The summed E-state index contributed by atoms with van der Waals surface area (Å²) in [5, 5.41) is 11.9. The lowest BCUT2D eigenvalue weighted by Crippen LogP contribution is -2.38. The van der Waals surface area contributed by atoms with E-state index in [-0.39, 0.29) is 18.6 Å². The molecule has 0 heterocycles. The van der Waals surface area contributed by atoms with Crippen molar-refractivity contribution in [2.45, 2.75) is 39.3 Å². The van der Waals surface area contributed by atoms with Crippen molar-refractivity contribution in [2.75, 3.05) is 6.61 Å². The molecule has 5 heteroatoms. The molecule has 1 aromatic carbocycles. The van der Waals surface area contributed by atoms with E-state index in [0.29, 0.717) is 0 Å². The molecule has 1 amide bonds. The van der Waals surface area contributed by atoms with Gasteiger partial charge in [0.05, 0.1) is 18.1 Å². The molecule has 0 fully saturated rings. The molecular formula is C16H23NO4. The van der Waals surface area contributed by atoms with E-state index in [2.05, 4.69) is 5.32 Å². The van der Waals surface area contributed by atoms with Crippen molar-refractivity contribution in [2.24, 2.45) is 5.92 Å². The Morgan fingerprint density at radius 3 is 2.38 bits per heavy atom. The summed E-state index contributed by atoms with van der Waals surface area (Å²) in [5.41, 5.74) is 0.768. The van der Waals surface area contributed by atoms with Crippen LogP contribution < -0.4 is 5.32 Å². The van der Waals surface area contributed by atoms with Crippen LogP contribution in [0.1, 0.15) is 38.8 Å². The Morgan fingerprint density at radius 1 is 1.24 bits per heavy atom. The molecule has 0 aliphatic rings. The molecule has 0 bridgehead atoms. The van der Waals surface area contributed by atoms with Crippen LogP contribution in [0.3, 0.4) is 0 Å². The Bertz CT molecular complexity index is 461. The molecule has 0 radical (unpaired) electrons. The second kappa shape index (κ2) is 8.42. The lowest BCUT2D eigenvalue weighted by Gasteiger charge is -2.23. The van der Waals surface area contributed by atoms with Gasteiger partial charge in [-0.3, -0.25) is 9.59 Å². The van der Waals surface area contributed by atoms with E-state index in [4.69, 9.17) is 4.74 Å². The molecule has 1 aromatic rings. The van der Waals surface area contributed by atoms with Crippen LogP contribution in [-0.4, -0.2) is 29.7 Å². The average molecular weight is 293 g/mol. The summed E-state index contributed by atoms with van der Waals surface area (Å²) in [6.07, 6.45) is 0.823. The highest BCUT2D eigenvalue weighted by atomic mass is 16.5. The summed E-state index contributed by atoms with van der Waals surface area (Å²) in [4.78, 5) is 23.2. The number of hydrogen-bond donors (Lipinski definition) is 2. The molecule has 0 spiro atoms. The quantitative estimate of drug-likeness (QED) is 0.771. The first-order valence-corrected chi connectivity index (χ1v) is 7.14. The van der Waals surface area contributed by atoms with Crippen molar-refractivity contribution in [3.63, 3.8) is 0 Å². The fraction of sp³-hybridized carbons (Fsp3) is 0.500. The number of carboxylic acid groups (broad SMARTS) is 1. The summed E-state index contributed by atoms with van der Waals surface area (Å²) >= 11 is 0. The summed E-state index contributed by atoms with van der Waals surface area (Å²) < 4.78 is 5.37. The van der Waals surface area contributed by atoms with Gasteiger partial charge in [-0.2, -0.15) is 0 Å². The maximum Gasteiger partial charge on any atom is 0.308 e. The van der Waals surface area contributed by atoms with Crippen LogP contribution in [0.25, 0.3) is 0 Å². The Kier molecular flexibility index (Phi) is 6.88. The average Bonchev–Trinajstić information content (AvgIpc) is 2.50. The molecule has 116 valence electrons. The molecule has 3 atom stereocenters. The standard InChI is InChI=1S/C16H23NO4/c1-4-11(2)21-10-14(18)17-15(12(3)16(19)20)13-8-6-5-7-9-13/h5-9,11-12,15H,4,10H2,1-3H3,(H,17,18)(H,19,20). The van der Waals surface area contributed by atoms with Crippen LogP contribution in [-0.2, 0) is 14.3 Å². The van der Waals surface area contributed by atoms with Crippen molar-refractivity contribution in [1.29, 1.82) is 0 Å². The maximum absolute atomic E-state index is 11.9. The van der Waals surface area contributed by atoms with E-state index in [1.807, 2.05) is 32.0 Å². The molecule has 3 unspecified atom stereocenters. The number of hydrogen-bond acceptors (Lipinski definition) is 3. The van der Waals surface area contributed by atoms with E-state index in [9.17, 15) is 14.7 Å². The zero-order valence-corrected chi connectivity index (χ0v) is 12.7. The van der Waals surface area contributed by atoms with Crippen LogP contribution in [0.15, 0.2) is 30.3 Å². The third-order valence-electron chi connectivity index (χ3n) is 3.44. The normalized spacial score (nSPS) is 15.0. The third kappa shape index (κ3) is 5.55. The molecule has 5 nitrogen and oxygen atoms in total. The van der Waals surface area contributed by atoms with Crippen LogP contribution in [0.2, 0.25) is 0 Å². The maximum atomic E-state index is 11.9. The van der Waals surface area contributed by atoms with Gasteiger partial charge in [-0.1, -0.05) is 37.3 Å². The van der Waals surface area contributed by atoms with Crippen LogP contribution in [0, 0.1) is 5.92 Å². The van der Waals surface area contributed by atoms with Gasteiger partial charge in [-0.15, -0.1) is 0 Å². The smallest absolute Gasteiger partial charge is 0.308 e. The number of benzene rings is 1. The van der Waals surface area contributed by atoms with Gasteiger partial charge in [0.15, 0.2) is 0 Å². The van der Waals surface area contributed by atoms with Gasteiger partial charge >= 0.3 is 5.97 Å². The van der Waals surface area contributed by atoms with Gasteiger partial charge in [0, 0.05) is 0 Å². The molecular weight excluding hydrogens is 270 g/mol. The molecule has 2 N–H and O–H groups in total. The van der Waals surface area contributed by atoms with Gasteiger partial charge in [-0.25, -0.2) is 0 Å². The van der Waals surface area contributed by atoms with Gasteiger partial charge in [0.25, 0.3) is 0 Å². The number of carbonyl (C=O) groups is 2. The Labute approximate surface area is 125 Å². The number of amides is 1. The Morgan fingerprint density at radius 2 is 1.86 bits per heavy atom. The largest absolute Gasteiger partial charge is 0.481 e. The fourth-order valence-electron chi connectivity index (χ4n) is 1.85. The van der Waals surface area contributed by atoms with E-state index in [1.54, 1.807) is 19.1 Å². The highest BCUT2D eigenvalue weighted by Gasteiger charge is 2.26. The van der Waals surface area contributed by atoms with E-state index in [1.165, 1.54) is 0 Å². The van der Waals surface area contributed by atoms with Crippen molar-refractivity contribution < 1.29 is 19.4 Å². The van der Waals surface area contributed by atoms with Crippen LogP contribution >= 0.6 is 0 Å². The van der Waals surface area contributed by atoms with E-state index in [0.717, 1.165) is 12.0 Å². The topological polar surface area (TPSA) is 75.6 Å². The molecule has 0 saturated carbocycles. The van der Waals surface area contributed by atoms with Crippen molar-refractivity contribution in [1.82, 2.24) is 5.32 Å². The predicted octanol–water partition coefficient (Wildman–Crippen LogP) is 2.38. The highest BCUT2D eigenvalue weighted by molar-refractivity contribution is 5.79. The van der Waals surface area contributed by atoms with E-state index >= 15 is 0 Å². The monoisotopic (exact) mass is 293 g/mol. The van der Waals surface area contributed by atoms with E-state index < -0.39 is 17.9 Å². The zero-order valence-electron chi connectivity index (χ0n) is 12.7. The first-order valence-electron chi connectivity index (χ1n) is 7.14. The van der Waals surface area contributed by atoms with Crippen LogP contribution in [0.5, 0.6) is 0 Å². The predicted molar refractivity (Wildman–Crippen MR) is 79.8 cm³/mol. The first kappa shape index (κ1) is 17.2. The minimum atomic E-state index is -0.952. The van der Waals surface area contributed by atoms with Crippen molar-refractivity contribution >= 4 is 11.9 Å². The summed E-state index contributed by atoms with van der Waals surface area (Å²) in [5.74, 6) is -1.98. The molecule has 0 saturated heterocycles. The molecule has 0 aliphatic carbocycles. The lowest BCUT2D eigenvalue weighted by atomic mass is 9.94. The summed E-state index contributed by atoms with van der Waals surface area (Å²) in [6.45, 7) is 5.38. The van der Waals surface area contributed by atoms with Crippen LogP contribution in [0.4, 0.5) is 0 Å². The van der Waals surface area contributed by atoms with Crippen molar-refractivity contribution in [3.05, 3.63) is 35.9 Å². The first-order chi connectivity index (χ1) is 9.95. The molecule has 21 heavy (non-hydrogen) atoms. The second-order valence-electron chi connectivity index (χ2n) is 5.11. The SMILES string of the molecule is CCC(C)OCC(=O)NC(c1ccccc1)C(C)C(=O)O. The summed E-state index contributed by atoms with van der Waals surface area (Å²) in [7, 11) is 0. The van der Waals surface area contributed by atoms with Gasteiger partial charge in [0.1, 0.15) is 6.61 Å². The fourth-order valence-corrected chi connectivity index (χ4v) is 1.85. The number of carbonyl (C=O) groups excluding carboxylic acids is 1. The van der Waals surface area contributed by atoms with Crippen molar-refractivity contribution in [3.8, 4) is 0 Å². The number of nitrogens with one attached hydrogen (secondary N) is 1. The molecule has 0 aromatic heterocycles. The minimum absolute atomic E-state index is 0.00261. The number of aliphatic carboxylic acids is 1. The summed E-state index contributed by atoms with van der Waals surface area (Å²) in [6, 6.07) is 8.52. The minimum Gasteiger partial charge on any atom is -0.481 e. The van der Waals surface area contributed by atoms with Gasteiger partial charge in [0.2, 0.25) is 5.91 Å². The number of ether oxygens (including phenoxy) is 1. The zero-order chi connectivity index (χ0) is 15.8. The Hall–Kier alpha value is -1.88.